The molecule has 0 amide bonds. The first kappa shape index (κ1) is 12.2. The molecule has 1 aliphatic heterocycles. The Bertz CT molecular complexity index is 599. The summed E-state index contributed by atoms with van der Waals surface area (Å²) >= 11 is 0. The zero-order chi connectivity index (χ0) is 13.2. The van der Waals surface area contributed by atoms with Crippen molar-refractivity contribution in [2.24, 2.45) is 0 Å². The smallest absolute Gasteiger partial charge is 0.340 e. The van der Waals surface area contributed by atoms with Crippen LogP contribution < -0.4 is 5.69 Å². The second-order valence-corrected chi connectivity index (χ2v) is 5.04. The zero-order valence-electron chi connectivity index (χ0n) is 10.8. The quantitative estimate of drug-likeness (QED) is 0.853. The molecular formula is C12H17N5O2. The topological polar surface area (TPSA) is 90.8 Å². The fraction of sp³-hybridized carbons (Fsp3) is 0.583. The predicted molar refractivity (Wildman–Crippen MR) is 67.7 cm³/mol. The molecule has 0 radical (unpaired) electrons. The third-order valence-electron chi connectivity index (χ3n) is 3.66. The van der Waals surface area contributed by atoms with Gasteiger partial charge >= 0.3 is 5.69 Å². The molecule has 7 nitrogen and oxygen atoms in total. The highest BCUT2D eigenvalue weighted by atomic mass is 16.5. The number of likely N-dealkylation sites (tertiary alicyclic amines) is 1. The normalized spacial score (nSPS) is 20.8. The molecule has 0 aliphatic carbocycles. The summed E-state index contributed by atoms with van der Waals surface area (Å²) in [6.07, 6.45) is 3.93. The minimum Gasteiger partial charge on any atom is -0.361 e. The van der Waals surface area contributed by atoms with Gasteiger partial charge in [-0.3, -0.25) is 9.88 Å². The number of nitrogens with one attached hydrogen (secondary N) is 2. The van der Waals surface area contributed by atoms with Gasteiger partial charge in [0.2, 0.25) is 0 Å². The van der Waals surface area contributed by atoms with E-state index < -0.39 is 0 Å². The standard InChI is InChI=1S/C12H17N5O2/c1-8-10(5-13-19-8)7-17-4-2-3-9(6-17)11-14-12(18)16-15-11/h5,9H,2-4,6-7H2,1H3,(H2,14,15,16,18). The van der Waals surface area contributed by atoms with Crippen molar-refractivity contribution in [1.82, 2.24) is 25.2 Å². The Balaban J connectivity index is 1.68. The fourth-order valence-electron chi connectivity index (χ4n) is 2.61. The minimum atomic E-state index is -0.234. The number of aryl methyl sites for hydroxylation is 1. The Morgan fingerprint density at radius 1 is 1.58 bits per heavy atom. The summed E-state index contributed by atoms with van der Waals surface area (Å²) in [5.41, 5.74) is 0.887. The van der Waals surface area contributed by atoms with E-state index in [1.807, 2.05) is 6.92 Å². The molecule has 0 saturated carbocycles. The minimum absolute atomic E-state index is 0.234. The molecule has 3 heterocycles. The van der Waals surface area contributed by atoms with Crippen LogP contribution in [0.15, 0.2) is 15.5 Å². The van der Waals surface area contributed by atoms with Gasteiger partial charge in [-0.2, -0.15) is 5.10 Å². The Labute approximate surface area is 110 Å². The maximum Gasteiger partial charge on any atom is 0.340 e. The van der Waals surface area contributed by atoms with E-state index in [1.54, 1.807) is 6.20 Å². The van der Waals surface area contributed by atoms with Crippen LogP contribution in [-0.2, 0) is 6.54 Å². The highest BCUT2D eigenvalue weighted by Gasteiger charge is 2.24. The number of nitrogens with zero attached hydrogens (tertiary/aromatic N) is 3. The molecule has 1 saturated heterocycles. The largest absolute Gasteiger partial charge is 0.361 e. The number of aromatic amines is 2. The summed E-state index contributed by atoms with van der Waals surface area (Å²) in [4.78, 5) is 16.2. The average Bonchev–Trinajstić information content (AvgIpc) is 3.00. The lowest BCUT2D eigenvalue weighted by atomic mass is 9.97. The van der Waals surface area contributed by atoms with Crippen molar-refractivity contribution in [1.29, 1.82) is 0 Å². The summed E-state index contributed by atoms with van der Waals surface area (Å²) < 4.78 is 5.08. The second kappa shape index (κ2) is 5.00. The van der Waals surface area contributed by atoms with Crippen LogP contribution in [0.5, 0.6) is 0 Å². The van der Waals surface area contributed by atoms with Crippen LogP contribution in [0.1, 0.15) is 35.9 Å². The second-order valence-electron chi connectivity index (χ2n) is 5.04. The third kappa shape index (κ3) is 2.60. The molecule has 0 spiro atoms. The molecule has 7 heteroatoms. The van der Waals surface area contributed by atoms with Crippen molar-refractivity contribution < 1.29 is 4.52 Å². The van der Waals surface area contributed by atoms with Gasteiger partial charge in [0.25, 0.3) is 0 Å². The van der Waals surface area contributed by atoms with E-state index in [-0.39, 0.29) is 11.6 Å². The molecule has 1 aliphatic rings. The van der Waals surface area contributed by atoms with Gasteiger partial charge in [-0.1, -0.05) is 5.16 Å². The number of rotatable bonds is 3. The SMILES string of the molecule is Cc1oncc1CN1CCCC(c2n[nH]c(=O)[nH]2)C1. The summed E-state index contributed by atoms with van der Waals surface area (Å²) in [5, 5.41) is 10.3. The van der Waals surface area contributed by atoms with Crippen molar-refractivity contribution in [2.75, 3.05) is 13.1 Å². The van der Waals surface area contributed by atoms with Gasteiger partial charge in [-0.15, -0.1) is 0 Å². The first-order chi connectivity index (χ1) is 9.22. The van der Waals surface area contributed by atoms with Gasteiger partial charge in [0.05, 0.1) is 6.20 Å². The van der Waals surface area contributed by atoms with Crippen LogP contribution in [0.2, 0.25) is 0 Å². The van der Waals surface area contributed by atoms with Gasteiger partial charge in [-0.25, -0.2) is 9.89 Å². The Kier molecular flexibility index (Phi) is 3.20. The molecule has 2 aromatic heterocycles. The van der Waals surface area contributed by atoms with Crippen LogP contribution in [0.4, 0.5) is 0 Å². The molecule has 102 valence electrons. The fourth-order valence-corrected chi connectivity index (χ4v) is 2.61. The molecule has 1 unspecified atom stereocenters. The Morgan fingerprint density at radius 2 is 2.47 bits per heavy atom. The molecule has 3 rings (SSSR count). The van der Waals surface area contributed by atoms with Crippen molar-refractivity contribution in [2.45, 2.75) is 32.2 Å². The van der Waals surface area contributed by atoms with Gasteiger partial charge < -0.3 is 4.52 Å². The predicted octanol–water partition coefficient (Wildman–Crippen LogP) is 0.774. The lowest BCUT2D eigenvalue weighted by molar-refractivity contribution is 0.195. The summed E-state index contributed by atoms with van der Waals surface area (Å²) in [7, 11) is 0. The molecule has 0 bridgehead atoms. The van der Waals surface area contributed by atoms with Crippen molar-refractivity contribution in [3.05, 3.63) is 33.8 Å². The van der Waals surface area contributed by atoms with Crippen LogP contribution >= 0.6 is 0 Å². The number of hydrogen-bond donors (Lipinski definition) is 2. The summed E-state index contributed by atoms with van der Waals surface area (Å²) in [5.74, 6) is 1.92. The number of piperidine rings is 1. The zero-order valence-corrected chi connectivity index (χ0v) is 10.8. The summed E-state index contributed by atoms with van der Waals surface area (Å²) in [6, 6.07) is 0. The lowest BCUT2D eigenvalue weighted by Crippen LogP contribution is -2.34. The van der Waals surface area contributed by atoms with Gasteiger partial charge in [0, 0.05) is 24.6 Å². The maximum absolute atomic E-state index is 11.1. The van der Waals surface area contributed by atoms with E-state index >= 15 is 0 Å². The Morgan fingerprint density at radius 3 is 3.16 bits per heavy atom. The average molecular weight is 263 g/mol. The molecule has 0 aromatic carbocycles. The van der Waals surface area contributed by atoms with Crippen LogP contribution in [0, 0.1) is 6.92 Å². The number of aromatic nitrogens is 4. The van der Waals surface area contributed by atoms with Crippen LogP contribution in [-0.4, -0.2) is 38.3 Å². The highest BCUT2D eigenvalue weighted by Crippen LogP contribution is 2.25. The molecule has 2 N–H and O–H groups in total. The Hall–Kier alpha value is -1.89. The highest BCUT2D eigenvalue weighted by molar-refractivity contribution is 5.11. The van der Waals surface area contributed by atoms with Crippen molar-refractivity contribution in [3.8, 4) is 0 Å². The van der Waals surface area contributed by atoms with Crippen LogP contribution in [0.3, 0.4) is 0 Å². The molecular weight excluding hydrogens is 246 g/mol. The molecule has 2 aromatic rings. The number of hydrogen-bond acceptors (Lipinski definition) is 5. The van der Waals surface area contributed by atoms with E-state index in [1.165, 1.54) is 0 Å². The third-order valence-corrected chi connectivity index (χ3v) is 3.66. The monoisotopic (exact) mass is 263 g/mol. The van der Waals surface area contributed by atoms with E-state index in [4.69, 9.17) is 4.52 Å². The van der Waals surface area contributed by atoms with E-state index in [0.29, 0.717) is 0 Å². The number of H-pyrrole nitrogens is 2. The molecule has 1 atom stereocenters. The van der Waals surface area contributed by atoms with Gasteiger partial charge in [0.15, 0.2) is 0 Å². The van der Waals surface area contributed by atoms with Gasteiger partial charge in [-0.05, 0) is 26.3 Å². The lowest BCUT2D eigenvalue weighted by Gasteiger charge is -2.31. The summed E-state index contributed by atoms with van der Waals surface area (Å²) in [6.45, 7) is 4.70. The van der Waals surface area contributed by atoms with Crippen LogP contribution in [0.25, 0.3) is 0 Å². The maximum atomic E-state index is 11.1. The molecule has 1 fully saturated rings. The van der Waals surface area contributed by atoms with E-state index in [9.17, 15) is 4.79 Å². The van der Waals surface area contributed by atoms with E-state index in [0.717, 1.165) is 49.6 Å². The van der Waals surface area contributed by atoms with Crippen molar-refractivity contribution >= 4 is 0 Å². The molecule has 19 heavy (non-hydrogen) atoms. The first-order valence-electron chi connectivity index (χ1n) is 6.49. The van der Waals surface area contributed by atoms with E-state index in [2.05, 4.69) is 25.2 Å². The van der Waals surface area contributed by atoms with Gasteiger partial charge in [0.1, 0.15) is 11.6 Å². The van der Waals surface area contributed by atoms with Crippen molar-refractivity contribution in [3.63, 3.8) is 0 Å². The first-order valence-corrected chi connectivity index (χ1v) is 6.49.